The molecule has 2 fully saturated rings. The maximum atomic E-state index is 14.6. The number of fused-ring (bicyclic) bond motifs is 1. The minimum atomic E-state index is -0.894. The van der Waals surface area contributed by atoms with E-state index in [1.807, 2.05) is 19.1 Å². The highest BCUT2D eigenvalue weighted by Gasteiger charge is 2.36. The van der Waals surface area contributed by atoms with Gasteiger partial charge in [-0.2, -0.15) is 4.39 Å². The average Bonchev–Trinajstić information content (AvgIpc) is 2.99. The monoisotopic (exact) mass is 542 g/mol. The predicted octanol–water partition coefficient (Wildman–Crippen LogP) is 10.5. The number of benzene rings is 3. The van der Waals surface area contributed by atoms with E-state index in [9.17, 15) is 8.78 Å². The molecule has 1 nitrogen and oxygen atoms in total. The van der Waals surface area contributed by atoms with Gasteiger partial charge < -0.3 is 4.74 Å². The van der Waals surface area contributed by atoms with E-state index in [4.69, 9.17) is 4.74 Å². The van der Waals surface area contributed by atoms with Crippen LogP contribution in [0, 0.1) is 23.5 Å². The van der Waals surface area contributed by atoms with Gasteiger partial charge in [0.05, 0.1) is 0 Å². The molecule has 3 aromatic carbocycles. The van der Waals surface area contributed by atoms with Crippen molar-refractivity contribution in [3.8, 4) is 5.75 Å². The lowest BCUT2D eigenvalue weighted by atomic mass is 9.63. The van der Waals surface area contributed by atoms with Gasteiger partial charge in [0.2, 0.25) is 5.82 Å². The van der Waals surface area contributed by atoms with Crippen LogP contribution in [0.1, 0.15) is 105 Å². The minimum Gasteiger partial charge on any atom is -0.486 e. The zero-order valence-electron chi connectivity index (χ0n) is 24.2. The van der Waals surface area contributed by atoms with Crippen molar-refractivity contribution in [3.63, 3.8) is 0 Å². The highest BCUT2D eigenvalue weighted by Crippen LogP contribution is 2.49. The first kappa shape index (κ1) is 28.6. The number of halogens is 2. The number of allylic oxidation sites excluding steroid dienone is 2. The van der Waals surface area contributed by atoms with Crippen LogP contribution in [0.3, 0.4) is 0 Å². The Morgan fingerprint density at radius 1 is 0.725 bits per heavy atom. The summed E-state index contributed by atoms with van der Waals surface area (Å²) in [6.45, 7) is 4.39. The molecule has 2 aliphatic carbocycles. The Morgan fingerprint density at radius 2 is 1.32 bits per heavy atom. The number of hydrogen-bond donors (Lipinski definition) is 0. The van der Waals surface area contributed by atoms with Gasteiger partial charge in [0.25, 0.3) is 0 Å². The van der Waals surface area contributed by atoms with Crippen LogP contribution in [0.15, 0.2) is 72.8 Å². The molecule has 0 heterocycles. The number of hydrogen-bond acceptors (Lipinski definition) is 1. The van der Waals surface area contributed by atoms with Crippen molar-refractivity contribution in [1.29, 1.82) is 0 Å². The average molecular weight is 543 g/mol. The third-order valence-electron chi connectivity index (χ3n) is 9.39. The predicted molar refractivity (Wildman–Crippen MR) is 161 cm³/mol. The molecule has 0 radical (unpaired) electrons. The van der Waals surface area contributed by atoms with Crippen LogP contribution in [0.5, 0.6) is 5.75 Å². The van der Waals surface area contributed by atoms with Crippen LogP contribution in [-0.2, 0) is 19.4 Å². The molecule has 0 aliphatic heterocycles. The van der Waals surface area contributed by atoms with Gasteiger partial charge in [-0.05, 0) is 122 Å². The zero-order valence-corrected chi connectivity index (χ0v) is 24.2. The first-order valence-corrected chi connectivity index (χ1v) is 15.4. The van der Waals surface area contributed by atoms with Crippen LogP contribution >= 0.6 is 0 Å². The van der Waals surface area contributed by atoms with E-state index in [2.05, 4.69) is 55.5 Å². The molecule has 3 aromatic rings. The van der Waals surface area contributed by atoms with E-state index in [0.29, 0.717) is 24.3 Å². The first-order chi connectivity index (χ1) is 19.6. The molecule has 212 valence electrons. The minimum absolute atomic E-state index is 0.0258. The summed E-state index contributed by atoms with van der Waals surface area (Å²) in [6.07, 6.45) is 15.3. The molecule has 5 rings (SSSR count). The Bertz CT molecular complexity index is 1260. The van der Waals surface area contributed by atoms with Crippen molar-refractivity contribution < 1.29 is 13.5 Å². The Balaban J connectivity index is 1.12. The Kier molecular flexibility index (Phi) is 9.73. The highest BCUT2D eigenvalue weighted by atomic mass is 19.2. The van der Waals surface area contributed by atoms with Crippen LogP contribution in [0.2, 0.25) is 0 Å². The highest BCUT2D eigenvalue weighted by molar-refractivity contribution is 5.32. The van der Waals surface area contributed by atoms with Gasteiger partial charge in [0.1, 0.15) is 6.61 Å². The fraction of sp³-hybridized carbons (Fsp3) is 0.459. The smallest absolute Gasteiger partial charge is 0.200 e. The van der Waals surface area contributed by atoms with Gasteiger partial charge in [-0.15, -0.1) is 0 Å². The zero-order chi connectivity index (χ0) is 27.9. The molecule has 4 atom stereocenters. The molecule has 2 aliphatic rings. The lowest BCUT2D eigenvalue weighted by Gasteiger charge is -2.42. The third-order valence-corrected chi connectivity index (χ3v) is 9.39. The molecule has 0 spiro atoms. The molecule has 0 bridgehead atoms. The molecule has 4 unspecified atom stereocenters. The van der Waals surface area contributed by atoms with Gasteiger partial charge in [-0.1, -0.05) is 80.1 Å². The molecular weight excluding hydrogens is 498 g/mol. The van der Waals surface area contributed by atoms with Crippen molar-refractivity contribution in [2.45, 2.75) is 96.5 Å². The van der Waals surface area contributed by atoms with Gasteiger partial charge in [0, 0.05) is 0 Å². The maximum absolute atomic E-state index is 14.6. The summed E-state index contributed by atoms with van der Waals surface area (Å²) in [6, 6.07) is 21.2. The maximum Gasteiger partial charge on any atom is 0.200 e. The molecular formula is C37H44F2O. The molecule has 3 heteroatoms. The summed E-state index contributed by atoms with van der Waals surface area (Å²) in [5, 5.41) is 0. The Morgan fingerprint density at radius 3 is 1.90 bits per heavy atom. The normalized spacial score (nSPS) is 22.8. The third kappa shape index (κ3) is 6.85. The largest absolute Gasteiger partial charge is 0.486 e. The lowest BCUT2D eigenvalue weighted by Crippen LogP contribution is -2.29. The van der Waals surface area contributed by atoms with Crippen molar-refractivity contribution in [2.24, 2.45) is 11.8 Å². The summed E-state index contributed by atoms with van der Waals surface area (Å²) in [4.78, 5) is 0. The molecule has 0 saturated heterocycles. The van der Waals surface area contributed by atoms with Crippen molar-refractivity contribution in [2.75, 3.05) is 0 Å². The fourth-order valence-corrected chi connectivity index (χ4v) is 7.07. The summed E-state index contributed by atoms with van der Waals surface area (Å²) >= 11 is 0. The second-order valence-electron chi connectivity index (χ2n) is 12.0. The second-order valence-corrected chi connectivity index (χ2v) is 12.0. The topological polar surface area (TPSA) is 9.23 Å². The quantitative estimate of drug-likeness (QED) is 0.232. The SMILES string of the molecule is C/C=C/CCc1ccc(OCc2ccc(C3CCC4CC(c5ccc(CCC)cc5)CCC4C3)cc2)c(F)c1F. The Hall–Kier alpha value is -2.94. The summed E-state index contributed by atoms with van der Waals surface area (Å²) < 4.78 is 34.7. The van der Waals surface area contributed by atoms with E-state index in [1.54, 1.807) is 17.7 Å². The molecule has 0 aromatic heterocycles. The van der Waals surface area contributed by atoms with Gasteiger partial charge in [-0.25, -0.2) is 4.39 Å². The van der Waals surface area contributed by atoms with E-state index >= 15 is 0 Å². The number of ether oxygens (including phenoxy) is 1. The first-order valence-electron chi connectivity index (χ1n) is 15.4. The lowest BCUT2D eigenvalue weighted by molar-refractivity contribution is 0.141. The van der Waals surface area contributed by atoms with E-state index in [1.165, 1.54) is 62.5 Å². The summed E-state index contributed by atoms with van der Waals surface area (Å²) in [5.41, 5.74) is 5.76. The van der Waals surface area contributed by atoms with Crippen LogP contribution in [-0.4, -0.2) is 0 Å². The molecule has 0 amide bonds. The summed E-state index contributed by atoms with van der Waals surface area (Å²) in [7, 11) is 0. The van der Waals surface area contributed by atoms with E-state index in [0.717, 1.165) is 23.3 Å². The summed E-state index contributed by atoms with van der Waals surface area (Å²) in [5.74, 6) is 1.30. The van der Waals surface area contributed by atoms with Crippen molar-refractivity contribution in [3.05, 3.63) is 112 Å². The molecule has 2 saturated carbocycles. The van der Waals surface area contributed by atoms with Gasteiger partial charge >= 0.3 is 0 Å². The Labute approximate surface area is 239 Å². The molecule has 0 N–H and O–H groups in total. The second kappa shape index (κ2) is 13.6. The van der Waals surface area contributed by atoms with Crippen molar-refractivity contribution >= 4 is 0 Å². The van der Waals surface area contributed by atoms with Crippen LogP contribution in [0.4, 0.5) is 8.78 Å². The van der Waals surface area contributed by atoms with E-state index < -0.39 is 11.6 Å². The fourth-order valence-electron chi connectivity index (χ4n) is 7.07. The molecule has 40 heavy (non-hydrogen) atoms. The van der Waals surface area contributed by atoms with Crippen LogP contribution in [0.25, 0.3) is 0 Å². The van der Waals surface area contributed by atoms with Crippen molar-refractivity contribution in [1.82, 2.24) is 0 Å². The number of rotatable bonds is 10. The standard InChI is InChI=1S/C37H44F2O/c1-3-5-6-8-30-21-22-35(37(39)36(30)38)40-25-27-11-15-29(16-12-27)32-18-20-33-23-31(17-19-34(33)24-32)28-13-9-26(7-4-2)10-14-28/h3,5,9-16,21-22,31-34H,4,6-8,17-20,23-25H2,1-2H3/b5-3+. The van der Waals surface area contributed by atoms with Crippen LogP contribution < -0.4 is 4.74 Å². The number of aryl methyl sites for hydroxylation is 2. The van der Waals surface area contributed by atoms with Gasteiger partial charge in [0.15, 0.2) is 11.6 Å². The van der Waals surface area contributed by atoms with E-state index in [-0.39, 0.29) is 12.4 Å². The van der Waals surface area contributed by atoms with Gasteiger partial charge in [-0.3, -0.25) is 0 Å².